The van der Waals surface area contributed by atoms with E-state index >= 15 is 0 Å². The highest BCUT2D eigenvalue weighted by Gasteiger charge is 2.50. The minimum Gasteiger partial charge on any atom is -0.378 e. The van der Waals surface area contributed by atoms with E-state index in [1.165, 1.54) is 0 Å². The van der Waals surface area contributed by atoms with Crippen LogP contribution >= 0.6 is 0 Å². The van der Waals surface area contributed by atoms with Crippen LogP contribution in [0.3, 0.4) is 0 Å². The minimum absolute atomic E-state index is 0.144. The molecule has 1 fully saturated rings. The first kappa shape index (κ1) is 22.3. The van der Waals surface area contributed by atoms with Crippen molar-refractivity contribution in [2.24, 2.45) is 0 Å². The molecule has 8 heteroatoms. The summed E-state index contributed by atoms with van der Waals surface area (Å²) in [5.41, 5.74) is 4.15. The third kappa shape index (κ3) is 4.86. The molecule has 2 atom stereocenters. The Labute approximate surface area is 182 Å². The predicted molar refractivity (Wildman–Crippen MR) is 118 cm³/mol. The second-order valence-corrected chi connectivity index (χ2v) is 8.11. The van der Waals surface area contributed by atoms with E-state index in [0.29, 0.717) is 12.1 Å². The summed E-state index contributed by atoms with van der Waals surface area (Å²) in [6.45, 7) is 5.17. The molecular formula is C23H30N5O3+. The van der Waals surface area contributed by atoms with E-state index in [2.05, 4.69) is 10.7 Å². The first-order valence-corrected chi connectivity index (χ1v) is 10.4. The summed E-state index contributed by atoms with van der Waals surface area (Å²) in [6, 6.07) is 16.5. The molecule has 8 nitrogen and oxygen atoms in total. The van der Waals surface area contributed by atoms with Crippen LogP contribution in [-0.4, -0.2) is 50.0 Å². The number of benzene rings is 2. The molecule has 1 aliphatic rings. The van der Waals surface area contributed by atoms with Crippen molar-refractivity contribution in [3.63, 3.8) is 0 Å². The van der Waals surface area contributed by atoms with Crippen LogP contribution in [0.25, 0.3) is 0 Å². The van der Waals surface area contributed by atoms with E-state index in [0.717, 1.165) is 27.7 Å². The SMILES string of the molecule is CC[NH+](CC(=O)NN1C(=O)N[C@](C)(c2ccccc2)C1=O)Cc1ccc(N(C)C)cc1. The van der Waals surface area contributed by atoms with E-state index in [1.54, 1.807) is 31.2 Å². The third-order valence-electron chi connectivity index (χ3n) is 5.60. The number of hydrogen-bond acceptors (Lipinski definition) is 4. The Hall–Kier alpha value is -3.39. The van der Waals surface area contributed by atoms with Gasteiger partial charge in [0, 0.05) is 25.3 Å². The number of urea groups is 1. The van der Waals surface area contributed by atoms with Crippen molar-refractivity contribution in [3.8, 4) is 0 Å². The smallest absolute Gasteiger partial charge is 0.344 e. The minimum atomic E-state index is -1.21. The lowest BCUT2D eigenvalue weighted by Gasteiger charge is -2.22. The highest BCUT2D eigenvalue weighted by atomic mass is 16.2. The standard InChI is InChI=1S/C23H29N5O3/c1-5-27(15-17-11-13-19(14-12-17)26(3)4)16-20(29)25-28-21(30)23(2,24-22(28)31)18-9-7-6-8-10-18/h6-14H,5,15-16H2,1-4H3,(H,24,31)(H,25,29)/p+1/t23-/m1/s1. The van der Waals surface area contributed by atoms with Crippen molar-refractivity contribution in [1.82, 2.24) is 15.8 Å². The van der Waals surface area contributed by atoms with E-state index < -0.39 is 17.5 Å². The molecule has 31 heavy (non-hydrogen) atoms. The molecule has 0 saturated carbocycles. The molecule has 1 unspecified atom stereocenters. The van der Waals surface area contributed by atoms with Gasteiger partial charge in [0.05, 0.1) is 6.54 Å². The fraction of sp³-hybridized carbons (Fsp3) is 0.348. The lowest BCUT2D eigenvalue weighted by molar-refractivity contribution is -0.904. The van der Waals surface area contributed by atoms with Crippen molar-refractivity contribution in [2.75, 3.05) is 32.1 Å². The van der Waals surface area contributed by atoms with Crippen molar-refractivity contribution < 1.29 is 19.3 Å². The number of hydrogen-bond donors (Lipinski definition) is 3. The number of carbonyl (C=O) groups is 3. The van der Waals surface area contributed by atoms with Gasteiger partial charge >= 0.3 is 6.03 Å². The summed E-state index contributed by atoms with van der Waals surface area (Å²) in [5.74, 6) is -0.892. The van der Waals surface area contributed by atoms with Gasteiger partial charge in [-0.15, -0.1) is 0 Å². The van der Waals surface area contributed by atoms with Gasteiger partial charge in [-0.05, 0) is 31.5 Å². The van der Waals surface area contributed by atoms with Crippen molar-refractivity contribution in [1.29, 1.82) is 0 Å². The summed E-state index contributed by atoms with van der Waals surface area (Å²) in [7, 11) is 3.98. The molecule has 0 radical (unpaired) electrons. The zero-order valence-electron chi connectivity index (χ0n) is 18.4. The molecule has 2 aromatic carbocycles. The molecule has 3 N–H and O–H groups in total. The fourth-order valence-electron chi connectivity index (χ4n) is 3.61. The zero-order valence-corrected chi connectivity index (χ0v) is 18.4. The molecule has 2 aromatic rings. The molecule has 0 spiro atoms. The van der Waals surface area contributed by atoms with E-state index in [1.807, 2.05) is 56.3 Å². The highest BCUT2D eigenvalue weighted by molar-refractivity contribution is 6.08. The van der Waals surface area contributed by atoms with Gasteiger partial charge in [0.2, 0.25) is 0 Å². The second kappa shape index (κ2) is 9.18. The summed E-state index contributed by atoms with van der Waals surface area (Å²) in [6.07, 6.45) is 0. The Morgan fingerprint density at radius 3 is 2.32 bits per heavy atom. The highest BCUT2D eigenvalue weighted by Crippen LogP contribution is 2.27. The topological polar surface area (TPSA) is 86.2 Å². The van der Waals surface area contributed by atoms with Gasteiger partial charge in [-0.3, -0.25) is 15.0 Å². The second-order valence-electron chi connectivity index (χ2n) is 8.11. The number of likely N-dealkylation sites (N-methyl/N-ethyl adjacent to an activating group) is 1. The summed E-state index contributed by atoms with van der Waals surface area (Å²) in [5, 5.41) is 3.47. The number of hydrazine groups is 1. The molecule has 164 valence electrons. The Morgan fingerprint density at radius 1 is 1.10 bits per heavy atom. The molecule has 1 saturated heterocycles. The van der Waals surface area contributed by atoms with E-state index in [9.17, 15) is 14.4 Å². The van der Waals surface area contributed by atoms with Crippen LogP contribution < -0.4 is 20.5 Å². The van der Waals surface area contributed by atoms with Crippen LogP contribution in [0.4, 0.5) is 10.5 Å². The van der Waals surface area contributed by atoms with Crippen LogP contribution in [-0.2, 0) is 21.7 Å². The van der Waals surface area contributed by atoms with Crippen LogP contribution in [0.1, 0.15) is 25.0 Å². The largest absolute Gasteiger partial charge is 0.378 e. The predicted octanol–water partition coefficient (Wildman–Crippen LogP) is 0.656. The summed E-state index contributed by atoms with van der Waals surface area (Å²) >= 11 is 0. The molecular weight excluding hydrogens is 394 g/mol. The normalized spacial score (nSPS) is 19.2. The third-order valence-corrected chi connectivity index (χ3v) is 5.60. The van der Waals surface area contributed by atoms with Gasteiger partial charge in [-0.2, -0.15) is 5.01 Å². The van der Waals surface area contributed by atoms with Gasteiger partial charge in [0.25, 0.3) is 11.8 Å². The molecule has 3 rings (SSSR count). The molecule has 4 amide bonds. The first-order chi connectivity index (χ1) is 14.7. The van der Waals surface area contributed by atoms with Gasteiger partial charge in [0.15, 0.2) is 6.54 Å². The Bertz CT molecular complexity index is 945. The number of imide groups is 1. The number of anilines is 1. The molecule has 0 aromatic heterocycles. The Balaban J connectivity index is 1.62. The lowest BCUT2D eigenvalue weighted by Crippen LogP contribution is -3.11. The van der Waals surface area contributed by atoms with Crippen LogP contribution in [0.15, 0.2) is 54.6 Å². The van der Waals surface area contributed by atoms with Crippen LogP contribution in [0.2, 0.25) is 0 Å². The number of quaternary nitrogens is 1. The zero-order chi connectivity index (χ0) is 22.6. The monoisotopic (exact) mass is 424 g/mol. The summed E-state index contributed by atoms with van der Waals surface area (Å²) in [4.78, 5) is 41.0. The summed E-state index contributed by atoms with van der Waals surface area (Å²) < 4.78 is 0. The van der Waals surface area contributed by atoms with Crippen LogP contribution in [0, 0.1) is 0 Å². The van der Waals surface area contributed by atoms with Crippen molar-refractivity contribution in [2.45, 2.75) is 25.9 Å². The molecule has 0 aliphatic carbocycles. The molecule has 1 heterocycles. The maximum Gasteiger partial charge on any atom is 0.344 e. The van der Waals surface area contributed by atoms with Crippen LogP contribution in [0.5, 0.6) is 0 Å². The van der Waals surface area contributed by atoms with Gasteiger partial charge in [-0.25, -0.2) is 4.79 Å². The average molecular weight is 425 g/mol. The van der Waals surface area contributed by atoms with E-state index in [4.69, 9.17) is 0 Å². The maximum absolute atomic E-state index is 12.9. The lowest BCUT2D eigenvalue weighted by atomic mass is 9.92. The number of amides is 4. The molecule has 1 aliphatic heterocycles. The fourth-order valence-corrected chi connectivity index (χ4v) is 3.61. The molecule has 0 bridgehead atoms. The van der Waals surface area contributed by atoms with E-state index in [-0.39, 0.29) is 12.5 Å². The number of rotatable bonds is 8. The van der Waals surface area contributed by atoms with Gasteiger partial charge in [0.1, 0.15) is 12.1 Å². The Kier molecular flexibility index (Phi) is 6.60. The number of nitrogens with one attached hydrogen (secondary N) is 3. The number of carbonyl (C=O) groups excluding carboxylic acids is 3. The van der Waals surface area contributed by atoms with Crippen molar-refractivity contribution in [3.05, 3.63) is 65.7 Å². The van der Waals surface area contributed by atoms with Gasteiger partial charge in [-0.1, -0.05) is 42.5 Å². The van der Waals surface area contributed by atoms with Crippen molar-refractivity contribution >= 4 is 23.5 Å². The Morgan fingerprint density at radius 2 is 1.74 bits per heavy atom. The first-order valence-electron chi connectivity index (χ1n) is 10.4. The average Bonchev–Trinajstić information content (AvgIpc) is 2.98. The maximum atomic E-state index is 12.9. The van der Waals surface area contributed by atoms with Gasteiger partial charge < -0.3 is 15.1 Å². The number of nitrogens with zero attached hydrogens (tertiary/aromatic N) is 2. The quantitative estimate of drug-likeness (QED) is 0.544.